The second-order valence-corrected chi connectivity index (χ2v) is 8.04. The summed E-state index contributed by atoms with van der Waals surface area (Å²) in [5.74, 6) is 2.49. The molecule has 3 fully saturated rings. The average Bonchev–Trinajstić information content (AvgIpc) is 2.99. The van der Waals surface area contributed by atoms with Crippen LogP contribution in [0.4, 0.5) is 0 Å². The highest BCUT2D eigenvalue weighted by molar-refractivity contribution is 7.09. The van der Waals surface area contributed by atoms with Gasteiger partial charge < -0.3 is 9.15 Å². The normalized spacial score (nSPS) is 31.4. The quantitative estimate of drug-likeness (QED) is 0.850. The van der Waals surface area contributed by atoms with Crippen molar-refractivity contribution in [2.24, 2.45) is 5.92 Å². The highest BCUT2D eigenvalue weighted by Crippen LogP contribution is 2.45. The predicted octanol–water partition coefficient (Wildman–Crippen LogP) is 3.97. The third-order valence-electron chi connectivity index (χ3n) is 5.41. The van der Waals surface area contributed by atoms with Crippen molar-refractivity contribution in [1.29, 1.82) is 0 Å². The Morgan fingerprint density at radius 1 is 1.30 bits per heavy atom. The molecule has 0 unspecified atom stereocenters. The van der Waals surface area contributed by atoms with Crippen LogP contribution in [0.25, 0.3) is 0 Å². The molecule has 0 N–H and O–H groups in total. The van der Waals surface area contributed by atoms with Gasteiger partial charge in [0.25, 0.3) is 0 Å². The molecule has 4 heterocycles. The molecule has 3 atom stereocenters. The average molecular weight is 330 g/mol. The lowest BCUT2D eigenvalue weighted by Crippen LogP contribution is -2.41. The van der Waals surface area contributed by atoms with Gasteiger partial charge in [0.15, 0.2) is 0 Å². The van der Waals surface area contributed by atoms with E-state index in [1.807, 2.05) is 6.07 Å². The Morgan fingerprint density at radius 2 is 2.26 bits per heavy atom. The molecule has 3 aliphatic rings. The molecule has 2 aliphatic heterocycles. The number of aromatic nitrogens is 1. The van der Waals surface area contributed by atoms with Gasteiger partial charge >= 0.3 is 0 Å². The molecule has 4 nitrogen and oxygen atoms in total. The molecule has 122 valence electrons. The van der Waals surface area contributed by atoms with Gasteiger partial charge in [-0.25, -0.2) is 4.98 Å². The van der Waals surface area contributed by atoms with E-state index in [-0.39, 0.29) is 6.10 Å². The molecule has 5 rings (SSSR count). The highest BCUT2D eigenvalue weighted by Gasteiger charge is 2.41. The molecule has 1 saturated carbocycles. The van der Waals surface area contributed by atoms with E-state index in [9.17, 15) is 0 Å². The van der Waals surface area contributed by atoms with E-state index in [1.54, 1.807) is 17.6 Å². The lowest BCUT2D eigenvalue weighted by molar-refractivity contribution is -0.0108. The zero-order valence-corrected chi connectivity index (χ0v) is 14.0. The lowest BCUT2D eigenvalue weighted by atomic mass is 9.92. The summed E-state index contributed by atoms with van der Waals surface area (Å²) in [6.07, 6.45) is 7.36. The summed E-state index contributed by atoms with van der Waals surface area (Å²) in [7, 11) is 0. The summed E-state index contributed by atoms with van der Waals surface area (Å²) in [5, 5.41) is 3.46. The van der Waals surface area contributed by atoms with Gasteiger partial charge in [-0.3, -0.25) is 4.90 Å². The van der Waals surface area contributed by atoms with Gasteiger partial charge in [0.05, 0.1) is 24.6 Å². The Kier molecular flexibility index (Phi) is 3.53. The fraction of sp³-hybridized carbons (Fsp3) is 0.611. The van der Waals surface area contributed by atoms with E-state index in [1.165, 1.54) is 30.0 Å². The molecule has 5 heteroatoms. The first-order valence-electron chi connectivity index (χ1n) is 8.70. The number of piperidine rings is 1. The van der Waals surface area contributed by atoms with Gasteiger partial charge in [0.1, 0.15) is 16.9 Å². The van der Waals surface area contributed by atoms with Crippen LogP contribution >= 0.6 is 11.3 Å². The highest BCUT2D eigenvalue weighted by atomic mass is 32.1. The molecule has 0 spiro atoms. The summed E-state index contributed by atoms with van der Waals surface area (Å²) < 4.78 is 11.9. The fourth-order valence-corrected chi connectivity index (χ4v) is 4.88. The molecule has 0 amide bonds. The molecular weight excluding hydrogens is 308 g/mol. The molecular formula is C18H22N2O2S. The van der Waals surface area contributed by atoms with E-state index in [4.69, 9.17) is 14.1 Å². The third kappa shape index (κ3) is 2.86. The first kappa shape index (κ1) is 14.2. The molecule has 2 aromatic rings. The monoisotopic (exact) mass is 330 g/mol. The standard InChI is InChI=1S/C18H22N2O2S/c1-2-14(21-7-1)9-20-6-5-13-8-16(22-17(13)10-20)18-19-15(11-23-18)12-3-4-12/h1-2,7,11-13,16-17H,3-6,8-10H2/t13-,16+,17+/m1/s1. The topological polar surface area (TPSA) is 38.5 Å². The van der Waals surface area contributed by atoms with Crippen molar-refractivity contribution in [2.45, 2.75) is 50.4 Å². The predicted molar refractivity (Wildman–Crippen MR) is 88.4 cm³/mol. The number of hydrogen-bond donors (Lipinski definition) is 0. The fourth-order valence-electron chi connectivity index (χ4n) is 3.94. The minimum absolute atomic E-state index is 0.228. The first-order valence-corrected chi connectivity index (χ1v) is 9.58. The van der Waals surface area contributed by atoms with E-state index in [0.717, 1.165) is 37.7 Å². The van der Waals surface area contributed by atoms with Gasteiger partial charge in [-0.1, -0.05) is 0 Å². The van der Waals surface area contributed by atoms with Crippen molar-refractivity contribution in [2.75, 3.05) is 13.1 Å². The SMILES string of the molecule is c1coc(CN2CC[C@@H]3C[C@@H](c4nc(C5CC5)cs4)O[C@H]3C2)c1. The number of rotatable bonds is 4. The van der Waals surface area contributed by atoms with Gasteiger partial charge in [-0.15, -0.1) is 11.3 Å². The van der Waals surface area contributed by atoms with Crippen molar-refractivity contribution in [3.8, 4) is 0 Å². The summed E-state index contributed by atoms with van der Waals surface area (Å²) in [6, 6.07) is 4.02. The Morgan fingerprint density at radius 3 is 3.09 bits per heavy atom. The van der Waals surface area contributed by atoms with Crippen LogP contribution in [-0.4, -0.2) is 29.1 Å². The molecule has 23 heavy (non-hydrogen) atoms. The van der Waals surface area contributed by atoms with Crippen LogP contribution in [0.5, 0.6) is 0 Å². The second kappa shape index (κ2) is 5.72. The number of thiazole rings is 1. The third-order valence-corrected chi connectivity index (χ3v) is 6.36. The first-order chi connectivity index (χ1) is 11.3. The lowest BCUT2D eigenvalue weighted by Gasteiger charge is -2.33. The summed E-state index contributed by atoms with van der Waals surface area (Å²) in [6.45, 7) is 3.05. The second-order valence-electron chi connectivity index (χ2n) is 7.15. The van der Waals surface area contributed by atoms with E-state index >= 15 is 0 Å². The van der Waals surface area contributed by atoms with Crippen molar-refractivity contribution in [3.05, 3.63) is 40.2 Å². The van der Waals surface area contributed by atoms with Gasteiger partial charge in [-0.2, -0.15) is 0 Å². The summed E-state index contributed by atoms with van der Waals surface area (Å²) >= 11 is 1.80. The molecule has 0 aromatic carbocycles. The van der Waals surface area contributed by atoms with Crippen LogP contribution in [0.3, 0.4) is 0 Å². The maximum absolute atomic E-state index is 6.39. The Hall–Kier alpha value is -1.17. The summed E-state index contributed by atoms with van der Waals surface area (Å²) in [5.41, 5.74) is 1.31. The van der Waals surface area contributed by atoms with Crippen molar-refractivity contribution >= 4 is 11.3 Å². The zero-order valence-electron chi connectivity index (χ0n) is 13.2. The number of furan rings is 1. The maximum Gasteiger partial charge on any atom is 0.122 e. The van der Waals surface area contributed by atoms with E-state index in [2.05, 4.69) is 16.3 Å². The van der Waals surface area contributed by atoms with Gasteiger partial charge in [0.2, 0.25) is 0 Å². The minimum Gasteiger partial charge on any atom is -0.468 e. The Bertz CT molecular complexity index is 664. The van der Waals surface area contributed by atoms with E-state index in [0.29, 0.717) is 12.0 Å². The number of hydrogen-bond acceptors (Lipinski definition) is 5. The molecule has 2 saturated heterocycles. The smallest absolute Gasteiger partial charge is 0.122 e. The molecule has 0 radical (unpaired) electrons. The van der Waals surface area contributed by atoms with Crippen LogP contribution < -0.4 is 0 Å². The van der Waals surface area contributed by atoms with Crippen LogP contribution in [0.1, 0.15) is 54.2 Å². The van der Waals surface area contributed by atoms with Gasteiger partial charge in [0, 0.05) is 17.8 Å². The molecule has 2 aromatic heterocycles. The van der Waals surface area contributed by atoms with Crippen molar-refractivity contribution in [1.82, 2.24) is 9.88 Å². The van der Waals surface area contributed by atoms with Crippen LogP contribution in [0.2, 0.25) is 0 Å². The van der Waals surface area contributed by atoms with Crippen LogP contribution in [-0.2, 0) is 11.3 Å². The van der Waals surface area contributed by atoms with Gasteiger partial charge in [-0.05, 0) is 50.3 Å². The van der Waals surface area contributed by atoms with Crippen molar-refractivity contribution < 1.29 is 9.15 Å². The van der Waals surface area contributed by atoms with E-state index < -0.39 is 0 Å². The number of nitrogens with zero attached hydrogens (tertiary/aromatic N) is 2. The Balaban J connectivity index is 1.23. The van der Waals surface area contributed by atoms with Crippen LogP contribution in [0.15, 0.2) is 28.2 Å². The largest absolute Gasteiger partial charge is 0.468 e. The Labute approximate surface area is 140 Å². The number of likely N-dealkylation sites (tertiary alicyclic amines) is 1. The van der Waals surface area contributed by atoms with Crippen molar-refractivity contribution in [3.63, 3.8) is 0 Å². The number of ether oxygens (including phenoxy) is 1. The molecule has 0 bridgehead atoms. The molecule has 1 aliphatic carbocycles. The number of fused-ring (bicyclic) bond motifs is 1. The minimum atomic E-state index is 0.228. The zero-order chi connectivity index (χ0) is 15.2. The maximum atomic E-state index is 6.39. The van der Waals surface area contributed by atoms with Crippen LogP contribution in [0, 0.1) is 5.92 Å². The summed E-state index contributed by atoms with van der Waals surface area (Å²) in [4.78, 5) is 7.32.